The van der Waals surface area contributed by atoms with Gasteiger partial charge in [0.15, 0.2) is 0 Å². The first kappa shape index (κ1) is 19.3. The molecule has 138 valence electrons. The zero-order valence-corrected chi connectivity index (χ0v) is 14.6. The number of phenolic OH excluding ortho intramolecular Hbond substituents is 2. The number of aromatic hydroxyl groups is 2. The van der Waals surface area contributed by atoms with E-state index in [9.17, 15) is 19.8 Å². The van der Waals surface area contributed by atoms with Crippen LogP contribution in [0.1, 0.15) is 37.3 Å². The Morgan fingerprint density at radius 2 is 1.38 bits per heavy atom. The maximum atomic E-state index is 11.8. The highest BCUT2D eigenvalue weighted by Crippen LogP contribution is 2.38. The van der Waals surface area contributed by atoms with Crippen LogP contribution in [-0.2, 0) is 15.0 Å². The molecule has 0 aliphatic heterocycles. The molecular weight excluding hydrogens is 334 g/mol. The molecule has 0 bridgehead atoms. The fourth-order valence-corrected chi connectivity index (χ4v) is 2.98. The van der Waals surface area contributed by atoms with Crippen LogP contribution >= 0.6 is 0 Å². The number of amides is 1. The second-order valence-corrected chi connectivity index (χ2v) is 6.45. The predicted molar refractivity (Wildman–Crippen MR) is 97.2 cm³/mol. The average molecular weight is 357 g/mol. The molecular formula is C20H23NO5. The summed E-state index contributed by atoms with van der Waals surface area (Å²) in [5.41, 5.74) is 1.54. The number of hydrogen-bond donors (Lipinski definition) is 4. The SMILES string of the molecule is CC(CCCC(=O)NCC(=O)O)(c1ccc(O)cc1)c1ccc(O)cc1. The molecule has 2 aromatic rings. The zero-order chi connectivity index (χ0) is 19.2. The second kappa shape index (κ2) is 8.38. The lowest BCUT2D eigenvalue weighted by atomic mass is 9.72. The van der Waals surface area contributed by atoms with E-state index in [0.29, 0.717) is 12.8 Å². The molecule has 4 N–H and O–H groups in total. The molecule has 2 aromatic carbocycles. The van der Waals surface area contributed by atoms with Gasteiger partial charge < -0.3 is 20.6 Å². The molecule has 2 rings (SSSR count). The number of aliphatic carboxylic acids is 1. The van der Waals surface area contributed by atoms with E-state index in [1.807, 2.05) is 31.2 Å². The van der Waals surface area contributed by atoms with Gasteiger partial charge in [0, 0.05) is 11.8 Å². The lowest BCUT2D eigenvalue weighted by Gasteiger charge is -2.31. The van der Waals surface area contributed by atoms with Gasteiger partial charge in [-0.25, -0.2) is 0 Å². The van der Waals surface area contributed by atoms with Gasteiger partial charge in [-0.1, -0.05) is 31.2 Å². The van der Waals surface area contributed by atoms with Gasteiger partial charge in [0.05, 0.1) is 0 Å². The van der Waals surface area contributed by atoms with Crippen molar-refractivity contribution in [2.75, 3.05) is 6.54 Å². The Morgan fingerprint density at radius 3 is 1.81 bits per heavy atom. The Balaban J connectivity index is 2.16. The molecule has 0 radical (unpaired) electrons. The largest absolute Gasteiger partial charge is 0.508 e. The van der Waals surface area contributed by atoms with Crippen LogP contribution in [-0.4, -0.2) is 33.7 Å². The van der Waals surface area contributed by atoms with Gasteiger partial charge in [0.2, 0.25) is 5.91 Å². The molecule has 0 aliphatic rings. The minimum atomic E-state index is -1.07. The van der Waals surface area contributed by atoms with E-state index in [1.54, 1.807) is 24.3 Å². The maximum absolute atomic E-state index is 11.8. The first-order chi connectivity index (χ1) is 12.3. The van der Waals surface area contributed by atoms with Gasteiger partial charge in [0.25, 0.3) is 0 Å². The van der Waals surface area contributed by atoms with Crippen LogP contribution in [0.2, 0.25) is 0 Å². The molecule has 0 fully saturated rings. The van der Waals surface area contributed by atoms with E-state index in [2.05, 4.69) is 5.32 Å². The van der Waals surface area contributed by atoms with E-state index in [0.717, 1.165) is 11.1 Å². The Hall–Kier alpha value is -3.02. The van der Waals surface area contributed by atoms with Crippen LogP contribution in [0.25, 0.3) is 0 Å². The van der Waals surface area contributed by atoms with Crippen molar-refractivity contribution in [1.29, 1.82) is 0 Å². The van der Waals surface area contributed by atoms with Crippen molar-refractivity contribution in [2.24, 2.45) is 0 Å². The minimum Gasteiger partial charge on any atom is -0.508 e. The van der Waals surface area contributed by atoms with Crippen molar-refractivity contribution in [1.82, 2.24) is 5.32 Å². The Labute approximate surface area is 152 Å². The fourth-order valence-electron chi connectivity index (χ4n) is 2.98. The van der Waals surface area contributed by atoms with Gasteiger partial charge in [-0.2, -0.15) is 0 Å². The molecule has 6 heteroatoms. The number of nitrogens with one attached hydrogen (secondary N) is 1. The summed E-state index contributed by atoms with van der Waals surface area (Å²) in [4.78, 5) is 22.3. The molecule has 6 nitrogen and oxygen atoms in total. The van der Waals surface area contributed by atoms with Crippen LogP contribution in [0.5, 0.6) is 11.5 Å². The number of carbonyl (C=O) groups is 2. The third-order valence-corrected chi connectivity index (χ3v) is 4.53. The van der Waals surface area contributed by atoms with E-state index in [-0.39, 0.29) is 30.4 Å². The molecule has 0 heterocycles. The first-order valence-corrected chi connectivity index (χ1v) is 8.39. The number of carbonyl (C=O) groups excluding carboxylic acids is 1. The Morgan fingerprint density at radius 1 is 0.923 bits per heavy atom. The van der Waals surface area contributed by atoms with Crippen LogP contribution in [0.15, 0.2) is 48.5 Å². The van der Waals surface area contributed by atoms with Gasteiger partial charge in [-0.05, 0) is 48.2 Å². The molecule has 0 saturated carbocycles. The molecule has 0 saturated heterocycles. The van der Waals surface area contributed by atoms with Gasteiger partial charge in [0.1, 0.15) is 18.0 Å². The van der Waals surface area contributed by atoms with E-state index >= 15 is 0 Å². The number of phenols is 2. The molecule has 26 heavy (non-hydrogen) atoms. The van der Waals surface area contributed by atoms with Crippen molar-refractivity contribution in [3.63, 3.8) is 0 Å². The monoisotopic (exact) mass is 357 g/mol. The van der Waals surface area contributed by atoms with Gasteiger partial charge >= 0.3 is 5.97 Å². The maximum Gasteiger partial charge on any atom is 0.322 e. The summed E-state index contributed by atoms with van der Waals surface area (Å²) in [5, 5.41) is 30.1. The minimum absolute atomic E-state index is 0.176. The standard InChI is InChI=1S/C20H23NO5/c1-20(14-4-8-16(22)9-5-14,15-6-10-17(23)11-7-15)12-2-3-18(24)21-13-19(25)26/h4-11,22-23H,2-3,12-13H2,1H3,(H,21,24)(H,25,26). The van der Waals surface area contributed by atoms with Crippen LogP contribution < -0.4 is 5.32 Å². The van der Waals surface area contributed by atoms with Crippen molar-refractivity contribution in [3.05, 3.63) is 59.7 Å². The third-order valence-electron chi connectivity index (χ3n) is 4.53. The summed E-state index contributed by atoms with van der Waals surface area (Å²) < 4.78 is 0. The summed E-state index contributed by atoms with van der Waals surface area (Å²) in [6.07, 6.45) is 1.42. The Kier molecular flexibility index (Phi) is 6.22. The number of hydrogen-bond acceptors (Lipinski definition) is 4. The second-order valence-electron chi connectivity index (χ2n) is 6.45. The van der Waals surface area contributed by atoms with E-state index in [4.69, 9.17) is 5.11 Å². The first-order valence-electron chi connectivity index (χ1n) is 8.39. The topological polar surface area (TPSA) is 107 Å². The summed E-state index contributed by atoms with van der Waals surface area (Å²) in [6, 6.07) is 13.8. The van der Waals surface area contributed by atoms with Gasteiger partial charge in [-0.3, -0.25) is 9.59 Å². The third kappa shape index (κ3) is 4.99. The average Bonchev–Trinajstić information content (AvgIpc) is 2.61. The molecule has 0 atom stereocenters. The lowest BCUT2D eigenvalue weighted by molar-refractivity contribution is -0.137. The van der Waals surface area contributed by atoms with Crippen molar-refractivity contribution in [2.45, 2.75) is 31.6 Å². The van der Waals surface area contributed by atoms with E-state index < -0.39 is 11.4 Å². The highest BCUT2D eigenvalue weighted by Gasteiger charge is 2.29. The van der Waals surface area contributed by atoms with Crippen LogP contribution in [0.3, 0.4) is 0 Å². The van der Waals surface area contributed by atoms with Crippen molar-refractivity contribution < 1.29 is 24.9 Å². The summed E-state index contributed by atoms with van der Waals surface area (Å²) in [6.45, 7) is 1.66. The highest BCUT2D eigenvalue weighted by atomic mass is 16.4. The molecule has 0 spiro atoms. The normalized spacial score (nSPS) is 11.1. The van der Waals surface area contributed by atoms with Crippen molar-refractivity contribution in [3.8, 4) is 11.5 Å². The predicted octanol–water partition coefficient (Wildman–Crippen LogP) is 2.77. The lowest BCUT2D eigenvalue weighted by Crippen LogP contribution is -2.30. The van der Waals surface area contributed by atoms with Crippen molar-refractivity contribution >= 4 is 11.9 Å². The summed E-state index contributed by atoms with van der Waals surface area (Å²) >= 11 is 0. The summed E-state index contributed by atoms with van der Waals surface area (Å²) in [5.74, 6) is -1.02. The smallest absolute Gasteiger partial charge is 0.322 e. The fraction of sp³-hybridized carbons (Fsp3) is 0.300. The number of rotatable bonds is 8. The van der Waals surface area contributed by atoms with Gasteiger partial charge in [-0.15, -0.1) is 0 Å². The Bertz CT molecular complexity index is 707. The highest BCUT2D eigenvalue weighted by molar-refractivity contribution is 5.81. The molecule has 0 aromatic heterocycles. The zero-order valence-electron chi connectivity index (χ0n) is 14.6. The number of carboxylic acids is 1. The number of carboxylic acid groups (broad SMARTS) is 1. The molecule has 0 aliphatic carbocycles. The number of benzene rings is 2. The molecule has 0 unspecified atom stereocenters. The van der Waals surface area contributed by atoms with Crippen LogP contribution in [0.4, 0.5) is 0 Å². The quantitative estimate of drug-likeness (QED) is 0.581. The molecule has 1 amide bonds. The summed E-state index contributed by atoms with van der Waals surface area (Å²) in [7, 11) is 0. The van der Waals surface area contributed by atoms with E-state index in [1.165, 1.54) is 0 Å². The van der Waals surface area contributed by atoms with Crippen LogP contribution in [0, 0.1) is 0 Å².